The Balaban J connectivity index is 0.000000280. The van der Waals surface area contributed by atoms with Gasteiger partial charge in [0, 0.05) is 12.4 Å². The maximum Gasteiger partial charge on any atom is 0.159 e. The number of rotatable bonds is 6. The van der Waals surface area contributed by atoms with E-state index in [9.17, 15) is 0 Å². The van der Waals surface area contributed by atoms with Crippen LogP contribution < -0.4 is 0 Å². The van der Waals surface area contributed by atoms with Gasteiger partial charge in [0.15, 0.2) is 11.4 Å². The fraction of sp³-hybridized carbons (Fsp3) is 0.200. The van der Waals surface area contributed by atoms with Gasteiger partial charge in [-0.3, -0.25) is 0 Å². The number of ether oxygens (including phenoxy) is 2. The molecule has 0 N–H and O–H groups in total. The van der Waals surface area contributed by atoms with E-state index in [4.69, 9.17) is 43.2 Å². The summed E-state index contributed by atoms with van der Waals surface area (Å²) in [6, 6.07) is 7.12. The first-order valence-electron chi connectivity index (χ1n) is 8.23. The maximum atomic E-state index is 8.58. The van der Waals surface area contributed by atoms with E-state index in [1.165, 1.54) is 0 Å². The SMILES string of the molecule is CCO/C=C\c1cnc(C#N)c(Cl)c1.CCO/C=C\c1cnc(C#N)c(Cl)c1. The minimum Gasteiger partial charge on any atom is -0.501 e. The predicted octanol–water partition coefficient (Wildman–Crippen LogP) is 5.23. The van der Waals surface area contributed by atoms with E-state index in [1.807, 2.05) is 26.0 Å². The van der Waals surface area contributed by atoms with Gasteiger partial charge >= 0.3 is 0 Å². The Morgan fingerprint density at radius 1 is 0.857 bits per heavy atom. The van der Waals surface area contributed by atoms with Gasteiger partial charge in [0.05, 0.1) is 35.8 Å². The Bertz CT molecular complexity index is 840. The van der Waals surface area contributed by atoms with E-state index >= 15 is 0 Å². The molecule has 2 aromatic heterocycles. The van der Waals surface area contributed by atoms with Crippen LogP contribution in [0, 0.1) is 22.7 Å². The van der Waals surface area contributed by atoms with E-state index in [0.717, 1.165) is 11.1 Å². The number of hydrogen-bond donors (Lipinski definition) is 0. The molecule has 0 aliphatic heterocycles. The molecule has 0 amide bonds. The Labute approximate surface area is 174 Å². The van der Waals surface area contributed by atoms with Crippen LogP contribution in [0.5, 0.6) is 0 Å². The molecule has 0 bridgehead atoms. The molecule has 28 heavy (non-hydrogen) atoms. The summed E-state index contributed by atoms with van der Waals surface area (Å²) in [6.07, 6.45) is 9.76. The Hall–Kier alpha value is -3.06. The van der Waals surface area contributed by atoms with Gasteiger partial charge in [-0.05, 0) is 49.3 Å². The molecule has 0 atom stereocenters. The Kier molecular flexibility index (Phi) is 10.8. The van der Waals surface area contributed by atoms with Gasteiger partial charge < -0.3 is 9.47 Å². The monoisotopic (exact) mass is 416 g/mol. The van der Waals surface area contributed by atoms with Gasteiger partial charge in [0.2, 0.25) is 0 Å². The van der Waals surface area contributed by atoms with Crippen LogP contribution in [0.3, 0.4) is 0 Å². The number of halogens is 2. The van der Waals surface area contributed by atoms with E-state index in [0.29, 0.717) is 23.3 Å². The van der Waals surface area contributed by atoms with Gasteiger partial charge in [0.1, 0.15) is 12.1 Å². The van der Waals surface area contributed by atoms with Crippen molar-refractivity contribution in [3.05, 3.63) is 69.6 Å². The average Bonchev–Trinajstić information content (AvgIpc) is 2.69. The number of nitriles is 2. The fourth-order valence-corrected chi connectivity index (χ4v) is 2.13. The maximum absolute atomic E-state index is 8.58. The fourth-order valence-electron chi connectivity index (χ4n) is 1.70. The lowest BCUT2D eigenvalue weighted by Gasteiger charge is -1.96. The van der Waals surface area contributed by atoms with Crippen molar-refractivity contribution in [3.8, 4) is 12.1 Å². The molecule has 0 spiro atoms. The first-order valence-corrected chi connectivity index (χ1v) is 8.98. The predicted molar refractivity (Wildman–Crippen MR) is 109 cm³/mol. The molecule has 2 heterocycles. The first-order chi connectivity index (χ1) is 13.5. The van der Waals surface area contributed by atoms with Gasteiger partial charge in [-0.15, -0.1) is 0 Å². The molecule has 8 heteroatoms. The highest BCUT2D eigenvalue weighted by Crippen LogP contribution is 2.15. The number of nitrogens with zero attached hydrogens (tertiary/aromatic N) is 4. The summed E-state index contributed by atoms with van der Waals surface area (Å²) in [4.78, 5) is 7.75. The molecule has 0 aromatic carbocycles. The molecule has 0 unspecified atom stereocenters. The standard InChI is InChI=1S/2C10H9ClN2O/c2*1-2-14-4-3-8-5-9(11)10(6-12)13-7-8/h2*3-5,7H,2H2,1H3/b2*4-3-. The van der Waals surface area contributed by atoms with Crippen LogP contribution in [0.4, 0.5) is 0 Å². The summed E-state index contributed by atoms with van der Waals surface area (Å²) in [6.45, 7) is 5.03. The van der Waals surface area contributed by atoms with Crippen molar-refractivity contribution in [2.75, 3.05) is 13.2 Å². The van der Waals surface area contributed by atoms with Gasteiger partial charge in [0.25, 0.3) is 0 Å². The van der Waals surface area contributed by atoms with E-state index in [1.54, 1.807) is 49.2 Å². The van der Waals surface area contributed by atoms with E-state index in [-0.39, 0.29) is 11.4 Å². The van der Waals surface area contributed by atoms with Crippen LogP contribution in [-0.2, 0) is 9.47 Å². The van der Waals surface area contributed by atoms with Crippen LogP contribution in [-0.4, -0.2) is 23.2 Å². The highest BCUT2D eigenvalue weighted by atomic mass is 35.5. The summed E-state index contributed by atoms with van der Waals surface area (Å²) in [5, 5.41) is 17.9. The second kappa shape index (κ2) is 13.2. The molecule has 0 saturated heterocycles. The first kappa shape index (κ1) is 23.0. The Morgan fingerprint density at radius 3 is 1.54 bits per heavy atom. The minimum absolute atomic E-state index is 0.236. The number of aromatic nitrogens is 2. The number of hydrogen-bond acceptors (Lipinski definition) is 6. The lowest BCUT2D eigenvalue weighted by atomic mass is 10.2. The molecular weight excluding hydrogens is 399 g/mol. The second-order valence-electron chi connectivity index (χ2n) is 4.94. The molecule has 0 fully saturated rings. The third kappa shape index (κ3) is 8.09. The Morgan fingerprint density at radius 2 is 1.25 bits per heavy atom. The summed E-state index contributed by atoms with van der Waals surface area (Å²) in [5.74, 6) is 0. The quantitative estimate of drug-likeness (QED) is 0.598. The highest BCUT2D eigenvalue weighted by Gasteiger charge is 2.00. The molecule has 2 rings (SSSR count). The van der Waals surface area contributed by atoms with Gasteiger partial charge in [-0.1, -0.05) is 23.2 Å². The van der Waals surface area contributed by atoms with Crippen molar-refractivity contribution >= 4 is 35.4 Å². The normalized spacial score (nSPS) is 10.1. The summed E-state index contributed by atoms with van der Waals surface area (Å²) >= 11 is 11.6. The van der Waals surface area contributed by atoms with Crippen LogP contribution in [0.25, 0.3) is 12.2 Å². The molecule has 144 valence electrons. The third-order valence-corrected chi connectivity index (χ3v) is 3.56. The molecule has 0 aliphatic rings. The van der Waals surface area contributed by atoms with E-state index in [2.05, 4.69) is 9.97 Å². The summed E-state index contributed by atoms with van der Waals surface area (Å²) < 4.78 is 10.0. The van der Waals surface area contributed by atoms with Crippen molar-refractivity contribution in [1.82, 2.24) is 9.97 Å². The lowest BCUT2D eigenvalue weighted by Crippen LogP contribution is -1.85. The van der Waals surface area contributed by atoms with Crippen LogP contribution >= 0.6 is 23.2 Å². The zero-order chi connectivity index (χ0) is 20.8. The zero-order valence-electron chi connectivity index (χ0n) is 15.4. The summed E-state index contributed by atoms with van der Waals surface area (Å²) in [5.41, 5.74) is 2.09. The molecule has 6 nitrogen and oxygen atoms in total. The molecular formula is C20H18Cl2N4O2. The smallest absolute Gasteiger partial charge is 0.159 e. The zero-order valence-corrected chi connectivity index (χ0v) is 16.9. The van der Waals surface area contributed by atoms with Crippen molar-refractivity contribution in [2.24, 2.45) is 0 Å². The average molecular weight is 417 g/mol. The molecule has 2 aromatic rings. The highest BCUT2D eigenvalue weighted by molar-refractivity contribution is 6.32. The van der Waals surface area contributed by atoms with Gasteiger partial charge in [-0.25, -0.2) is 9.97 Å². The number of pyridine rings is 2. The van der Waals surface area contributed by atoms with Crippen molar-refractivity contribution in [1.29, 1.82) is 10.5 Å². The molecule has 0 saturated carbocycles. The molecule has 0 aliphatic carbocycles. The van der Waals surface area contributed by atoms with Crippen molar-refractivity contribution < 1.29 is 9.47 Å². The van der Waals surface area contributed by atoms with Crippen LogP contribution in [0.1, 0.15) is 36.4 Å². The van der Waals surface area contributed by atoms with Crippen LogP contribution in [0.15, 0.2) is 37.1 Å². The summed E-state index contributed by atoms with van der Waals surface area (Å²) in [7, 11) is 0. The lowest BCUT2D eigenvalue weighted by molar-refractivity contribution is 0.272. The minimum atomic E-state index is 0.236. The topological polar surface area (TPSA) is 91.8 Å². The third-order valence-electron chi connectivity index (χ3n) is 2.98. The largest absolute Gasteiger partial charge is 0.501 e. The van der Waals surface area contributed by atoms with Crippen LogP contribution in [0.2, 0.25) is 10.0 Å². The second-order valence-corrected chi connectivity index (χ2v) is 5.75. The van der Waals surface area contributed by atoms with Crippen molar-refractivity contribution in [3.63, 3.8) is 0 Å². The van der Waals surface area contributed by atoms with E-state index < -0.39 is 0 Å². The molecule has 0 radical (unpaired) electrons. The van der Waals surface area contributed by atoms with Crippen molar-refractivity contribution in [2.45, 2.75) is 13.8 Å². The van der Waals surface area contributed by atoms with Gasteiger partial charge in [-0.2, -0.15) is 10.5 Å².